The molecule has 0 unspecified atom stereocenters. The van der Waals surface area contributed by atoms with Crippen molar-refractivity contribution in [3.05, 3.63) is 35.5 Å². The second-order valence-corrected chi connectivity index (χ2v) is 8.26. The average molecular weight is 414 g/mol. The molecule has 1 aromatic heterocycles. The lowest BCUT2D eigenvalue weighted by atomic mass is 10.0. The number of carbonyl (C=O) groups excluding carboxylic acids is 1. The highest BCUT2D eigenvalue weighted by Crippen LogP contribution is 2.27. The fourth-order valence-corrected chi connectivity index (χ4v) is 4.49. The standard InChI is InChI=1S/C23H31N3O4/c1-16-4-3-5-18-21(14-17(2)24-23(16)18)30-15-22(28)26-8-6-19(20(27)7-9-26)25-10-12-29-13-11-25/h3-5,14,19-20,27H,6-13,15H2,1-2H3/t19-,20-/m0/s1. The zero-order valence-corrected chi connectivity index (χ0v) is 17.8. The summed E-state index contributed by atoms with van der Waals surface area (Å²) >= 11 is 0. The van der Waals surface area contributed by atoms with Gasteiger partial charge in [-0.15, -0.1) is 0 Å². The third-order valence-electron chi connectivity index (χ3n) is 6.18. The number of fused-ring (bicyclic) bond motifs is 1. The zero-order valence-electron chi connectivity index (χ0n) is 17.8. The van der Waals surface area contributed by atoms with Crippen LogP contribution in [-0.4, -0.2) is 83.9 Å². The maximum absolute atomic E-state index is 12.9. The molecule has 1 N–H and O–H groups in total. The number of aryl methyl sites for hydroxylation is 2. The molecule has 0 radical (unpaired) electrons. The van der Waals surface area contributed by atoms with Gasteiger partial charge in [-0.05, 0) is 38.3 Å². The average Bonchev–Trinajstić information content (AvgIpc) is 2.95. The van der Waals surface area contributed by atoms with Crippen molar-refractivity contribution in [1.29, 1.82) is 0 Å². The minimum absolute atomic E-state index is 0.00912. The molecule has 2 saturated heterocycles. The minimum Gasteiger partial charge on any atom is -0.483 e. The van der Waals surface area contributed by atoms with Gasteiger partial charge in [0.05, 0.1) is 24.8 Å². The van der Waals surface area contributed by atoms with Crippen LogP contribution in [0.1, 0.15) is 24.1 Å². The molecule has 2 aliphatic rings. The summed E-state index contributed by atoms with van der Waals surface area (Å²) in [6.07, 6.45) is 0.935. The van der Waals surface area contributed by atoms with Crippen LogP contribution in [0.3, 0.4) is 0 Å². The van der Waals surface area contributed by atoms with Crippen molar-refractivity contribution in [2.24, 2.45) is 0 Å². The van der Waals surface area contributed by atoms with Crippen LogP contribution in [0.2, 0.25) is 0 Å². The highest BCUT2D eigenvalue weighted by molar-refractivity contribution is 5.88. The second-order valence-electron chi connectivity index (χ2n) is 8.26. The Morgan fingerprint density at radius 2 is 1.97 bits per heavy atom. The van der Waals surface area contributed by atoms with Gasteiger partial charge < -0.3 is 19.5 Å². The fraction of sp³-hybridized carbons (Fsp3) is 0.565. The molecule has 0 saturated carbocycles. The van der Waals surface area contributed by atoms with Gasteiger partial charge in [-0.2, -0.15) is 0 Å². The minimum atomic E-state index is -0.420. The van der Waals surface area contributed by atoms with Gasteiger partial charge >= 0.3 is 0 Å². The van der Waals surface area contributed by atoms with E-state index >= 15 is 0 Å². The number of hydrogen-bond donors (Lipinski definition) is 1. The van der Waals surface area contributed by atoms with Gasteiger partial charge in [-0.25, -0.2) is 0 Å². The topological polar surface area (TPSA) is 75.1 Å². The lowest BCUT2D eigenvalue weighted by molar-refractivity contribution is -0.133. The molecule has 2 atom stereocenters. The summed E-state index contributed by atoms with van der Waals surface area (Å²) in [4.78, 5) is 21.6. The molecule has 1 aromatic carbocycles. The molecule has 1 amide bonds. The number of pyridine rings is 1. The Morgan fingerprint density at radius 3 is 2.77 bits per heavy atom. The number of hydrogen-bond acceptors (Lipinski definition) is 6. The zero-order chi connectivity index (χ0) is 21.1. The first-order valence-electron chi connectivity index (χ1n) is 10.8. The number of aromatic nitrogens is 1. The van der Waals surface area contributed by atoms with Crippen LogP contribution in [0.15, 0.2) is 24.3 Å². The first kappa shape index (κ1) is 21.0. The van der Waals surface area contributed by atoms with Gasteiger partial charge in [0, 0.05) is 49.4 Å². The smallest absolute Gasteiger partial charge is 0.260 e. The summed E-state index contributed by atoms with van der Waals surface area (Å²) in [6, 6.07) is 7.95. The number of carbonyl (C=O) groups is 1. The van der Waals surface area contributed by atoms with E-state index in [-0.39, 0.29) is 18.6 Å². The van der Waals surface area contributed by atoms with Gasteiger partial charge in [-0.3, -0.25) is 14.7 Å². The molecule has 30 heavy (non-hydrogen) atoms. The number of likely N-dealkylation sites (tertiary alicyclic amines) is 1. The van der Waals surface area contributed by atoms with Crippen LogP contribution in [0.25, 0.3) is 10.9 Å². The summed E-state index contributed by atoms with van der Waals surface area (Å²) in [7, 11) is 0. The Morgan fingerprint density at radius 1 is 1.20 bits per heavy atom. The summed E-state index contributed by atoms with van der Waals surface area (Å²) < 4.78 is 11.4. The molecular weight excluding hydrogens is 382 g/mol. The number of morpholine rings is 1. The Balaban J connectivity index is 1.40. The van der Waals surface area contributed by atoms with Crippen LogP contribution in [0, 0.1) is 13.8 Å². The highest BCUT2D eigenvalue weighted by Gasteiger charge is 2.31. The number of amides is 1. The van der Waals surface area contributed by atoms with Gasteiger partial charge in [0.15, 0.2) is 6.61 Å². The van der Waals surface area contributed by atoms with Crippen molar-refractivity contribution in [3.63, 3.8) is 0 Å². The number of rotatable bonds is 4. The summed E-state index contributed by atoms with van der Waals surface area (Å²) in [5.74, 6) is 0.649. The van der Waals surface area contributed by atoms with Crippen molar-refractivity contribution in [1.82, 2.24) is 14.8 Å². The van der Waals surface area contributed by atoms with Crippen molar-refractivity contribution >= 4 is 16.8 Å². The Bertz CT molecular complexity index is 897. The lowest BCUT2D eigenvalue weighted by Gasteiger charge is -2.36. The third-order valence-corrected chi connectivity index (χ3v) is 6.18. The predicted molar refractivity (Wildman–Crippen MR) is 115 cm³/mol. The molecule has 4 rings (SSSR count). The number of benzene rings is 1. The highest BCUT2D eigenvalue weighted by atomic mass is 16.5. The van der Waals surface area contributed by atoms with Crippen LogP contribution in [-0.2, 0) is 9.53 Å². The molecule has 2 aromatic rings. The van der Waals surface area contributed by atoms with Gasteiger partial charge in [0.25, 0.3) is 5.91 Å². The second kappa shape index (κ2) is 9.29. The van der Waals surface area contributed by atoms with E-state index in [4.69, 9.17) is 9.47 Å². The van der Waals surface area contributed by atoms with Crippen LogP contribution >= 0.6 is 0 Å². The van der Waals surface area contributed by atoms with E-state index in [9.17, 15) is 9.90 Å². The van der Waals surface area contributed by atoms with E-state index in [0.717, 1.165) is 41.7 Å². The van der Waals surface area contributed by atoms with E-state index in [2.05, 4.69) is 9.88 Å². The van der Waals surface area contributed by atoms with Gasteiger partial charge in [-0.1, -0.05) is 12.1 Å². The Labute approximate surface area is 177 Å². The van der Waals surface area contributed by atoms with E-state index in [0.29, 0.717) is 38.5 Å². The number of para-hydroxylation sites is 1. The number of nitrogens with zero attached hydrogens (tertiary/aromatic N) is 3. The van der Waals surface area contributed by atoms with Crippen molar-refractivity contribution in [2.75, 3.05) is 46.0 Å². The van der Waals surface area contributed by atoms with Crippen molar-refractivity contribution in [3.8, 4) is 5.75 Å². The summed E-state index contributed by atoms with van der Waals surface area (Å²) in [5.41, 5.74) is 2.86. The first-order chi connectivity index (χ1) is 14.5. The number of aliphatic hydroxyl groups excluding tert-OH is 1. The molecule has 7 heteroatoms. The SMILES string of the molecule is Cc1cc(OCC(=O)N2CC[C@H](O)[C@@H](N3CCOCC3)CC2)c2cccc(C)c2n1. The summed E-state index contributed by atoms with van der Waals surface area (Å²) in [5, 5.41) is 11.5. The molecule has 162 valence electrons. The predicted octanol–water partition coefficient (Wildman–Crippen LogP) is 1.91. The lowest BCUT2D eigenvalue weighted by Crippen LogP contribution is -2.49. The third kappa shape index (κ3) is 4.58. The van der Waals surface area contributed by atoms with Crippen LogP contribution < -0.4 is 4.74 Å². The van der Waals surface area contributed by atoms with E-state index in [1.165, 1.54) is 0 Å². The molecule has 0 bridgehead atoms. The maximum Gasteiger partial charge on any atom is 0.260 e. The Kier molecular flexibility index (Phi) is 6.51. The first-order valence-corrected chi connectivity index (χ1v) is 10.8. The molecule has 2 aliphatic heterocycles. The van der Waals surface area contributed by atoms with Gasteiger partial charge in [0.1, 0.15) is 5.75 Å². The quantitative estimate of drug-likeness (QED) is 0.825. The summed E-state index contributed by atoms with van der Waals surface area (Å²) in [6.45, 7) is 8.23. The fourth-order valence-electron chi connectivity index (χ4n) is 4.49. The van der Waals surface area contributed by atoms with Crippen LogP contribution in [0.4, 0.5) is 0 Å². The van der Waals surface area contributed by atoms with Crippen LogP contribution in [0.5, 0.6) is 5.75 Å². The Hall–Kier alpha value is -2.22. The molecule has 7 nitrogen and oxygen atoms in total. The van der Waals surface area contributed by atoms with Crippen molar-refractivity contribution in [2.45, 2.75) is 38.8 Å². The van der Waals surface area contributed by atoms with E-state index < -0.39 is 6.10 Å². The number of ether oxygens (including phenoxy) is 2. The molecule has 2 fully saturated rings. The van der Waals surface area contributed by atoms with Gasteiger partial charge in [0.2, 0.25) is 0 Å². The van der Waals surface area contributed by atoms with E-state index in [1.54, 1.807) is 0 Å². The monoisotopic (exact) mass is 413 g/mol. The maximum atomic E-state index is 12.9. The largest absolute Gasteiger partial charge is 0.483 e. The normalized spacial score (nSPS) is 23.4. The molecule has 3 heterocycles. The number of aliphatic hydroxyl groups is 1. The van der Waals surface area contributed by atoms with Crippen molar-refractivity contribution < 1.29 is 19.4 Å². The molecule has 0 spiro atoms. The van der Waals surface area contributed by atoms with E-state index in [1.807, 2.05) is 43.0 Å². The molecule has 0 aliphatic carbocycles. The molecular formula is C23H31N3O4.